The van der Waals surface area contributed by atoms with Crippen LogP contribution in [0.2, 0.25) is 0 Å². The van der Waals surface area contributed by atoms with E-state index >= 15 is 0 Å². The maximum Gasteiger partial charge on any atom is 0.261 e. The van der Waals surface area contributed by atoms with Gasteiger partial charge in [-0.2, -0.15) is 13.5 Å². The molecule has 84 heavy (non-hydrogen) atoms. The van der Waals surface area contributed by atoms with Crippen molar-refractivity contribution in [1.82, 2.24) is 29.9 Å². The van der Waals surface area contributed by atoms with Crippen LogP contribution in [0.3, 0.4) is 0 Å². The monoisotopic (exact) mass is 1260 g/mol. The number of hydrogen-bond donors (Lipinski definition) is 4. The van der Waals surface area contributed by atoms with Crippen LogP contribution in [0.25, 0.3) is 33.4 Å². The van der Waals surface area contributed by atoms with Gasteiger partial charge in [0.2, 0.25) is 0 Å². The molecule has 12 rings (SSSR count). The summed E-state index contributed by atoms with van der Waals surface area (Å²) in [5.41, 5.74) is 15.1. The van der Waals surface area contributed by atoms with E-state index in [4.69, 9.17) is 15.8 Å². The van der Waals surface area contributed by atoms with Crippen molar-refractivity contribution in [3.05, 3.63) is 233 Å². The molecule has 434 valence electrons. The Bertz CT molecular complexity index is 4150. The minimum absolute atomic E-state index is 0. The molecule has 0 spiro atoms. The average molecular weight is 1260 g/mol. The lowest BCUT2D eigenvalue weighted by atomic mass is 10.0. The lowest BCUT2D eigenvalue weighted by molar-refractivity contribution is 0.295. The predicted octanol–water partition coefficient (Wildman–Crippen LogP) is 11.9. The maximum atomic E-state index is 12.2. The standard InChI is InChI=1S/C23H24N2O4S2.C20H17ClN2O3S2.C20H18N2OS.H2S/c26-13-2-14-31(28,29)19-11-9-18(10-12-19)17-7-5-16(6-8-17)15-30-23-24-21-4-1-3-20(21)22(27)25-23;21-28(25,26)16-10-8-15(9-11-16)14-6-4-13(5-7-14)12-27-20-22-18-3-1-2-17(18)19(24)23-20;23-19-17-7-4-8-18(17)21-20(22-19)24-13-14-9-11-16(12-10-14)15-5-2-1-3-6-15;/h5-12,26H,1-4,13-15H2,(H,24,25,27);4-11H,1-3,12H2,(H,22,23,24);1-3,5-6,9-12H,4,7-8,13H2,(H,21,22,23);1H2. The van der Waals surface area contributed by atoms with E-state index in [9.17, 15) is 31.2 Å². The zero-order valence-electron chi connectivity index (χ0n) is 45.6. The van der Waals surface area contributed by atoms with Gasteiger partial charge in [-0.1, -0.05) is 163 Å². The fourth-order valence-corrected chi connectivity index (χ4v) is 14.5. The highest BCUT2D eigenvalue weighted by molar-refractivity contribution is 8.13. The molecule has 0 radical (unpaired) electrons. The minimum Gasteiger partial charge on any atom is -0.396 e. The lowest BCUT2D eigenvalue weighted by Crippen LogP contribution is -2.14. The number of aliphatic hydroxyl groups is 1. The molecule has 0 bridgehead atoms. The van der Waals surface area contributed by atoms with Gasteiger partial charge in [-0.05, 0) is 139 Å². The number of benzene rings is 6. The second-order valence-corrected chi connectivity index (χ2v) is 27.7. The zero-order valence-corrected chi connectivity index (χ0v) is 51.4. The fourth-order valence-electron chi connectivity index (χ4n) is 9.96. The predicted molar refractivity (Wildman–Crippen MR) is 342 cm³/mol. The Morgan fingerprint density at radius 3 is 1.06 bits per heavy atom. The Hall–Kier alpha value is -6.49. The summed E-state index contributed by atoms with van der Waals surface area (Å²) in [7, 11) is -1.73. The second-order valence-electron chi connectivity index (χ2n) is 20.2. The largest absolute Gasteiger partial charge is 0.396 e. The minimum atomic E-state index is -3.71. The number of hydrogen-bond acceptors (Lipinski definition) is 14. The summed E-state index contributed by atoms with van der Waals surface area (Å²) in [6.07, 6.45) is 8.46. The van der Waals surface area contributed by atoms with Gasteiger partial charge in [0.1, 0.15) is 0 Å². The van der Waals surface area contributed by atoms with E-state index in [0.717, 1.165) is 136 Å². The van der Waals surface area contributed by atoms with E-state index in [1.807, 2.05) is 54.6 Å². The third-order valence-corrected chi connectivity index (χ3v) is 20.5. The Morgan fingerprint density at radius 2 is 0.738 bits per heavy atom. The van der Waals surface area contributed by atoms with Crippen molar-refractivity contribution in [1.29, 1.82) is 0 Å². The third-order valence-electron chi connectivity index (χ3n) is 14.4. The van der Waals surface area contributed by atoms with Gasteiger partial charge in [-0.15, -0.1) is 0 Å². The highest BCUT2D eigenvalue weighted by Gasteiger charge is 2.21. The van der Waals surface area contributed by atoms with Gasteiger partial charge in [0.05, 0.1) is 32.6 Å². The van der Waals surface area contributed by atoms with E-state index in [0.29, 0.717) is 21.8 Å². The molecule has 3 heterocycles. The number of sulfone groups is 1. The Kier molecular flexibility index (Phi) is 21.1. The molecular formula is C63H61ClN6O8S6. The number of aromatic nitrogens is 6. The summed E-state index contributed by atoms with van der Waals surface area (Å²) in [5.74, 6) is 2.14. The van der Waals surface area contributed by atoms with Crippen molar-refractivity contribution in [2.45, 2.75) is 107 Å². The molecule has 4 N–H and O–H groups in total. The highest BCUT2D eigenvalue weighted by Crippen LogP contribution is 2.30. The van der Waals surface area contributed by atoms with E-state index < -0.39 is 18.9 Å². The molecule has 6 aromatic carbocycles. The average Bonchev–Trinajstić information content (AvgIpc) is 4.48. The fraction of sp³-hybridized carbons (Fsp3) is 0.238. The maximum absolute atomic E-state index is 12.2. The highest BCUT2D eigenvalue weighted by atomic mass is 35.7. The number of rotatable bonds is 17. The topological polar surface area (TPSA) is 226 Å². The normalized spacial score (nSPS) is 13.1. The summed E-state index contributed by atoms with van der Waals surface area (Å²) in [4.78, 5) is 59.0. The number of fused-ring (bicyclic) bond motifs is 3. The van der Waals surface area contributed by atoms with E-state index in [-0.39, 0.29) is 58.7 Å². The van der Waals surface area contributed by atoms with E-state index in [1.165, 1.54) is 52.3 Å². The SMILES string of the molecule is O=c1[nH]c(SCc2ccc(-c3ccc(S(=O)(=O)CCCO)cc3)cc2)nc2c1CCC2.O=c1[nH]c(SCc2ccc(-c3ccc(S(=O)(=O)Cl)cc3)cc2)nc2c1CCC2.O=c1[nH]c(SCc2ccc(-c3ccccc3)cc2)nc2c1CCC2.S. The van der Waals surface area contributed by atoms with Crippen molar-refractivity contribution >= 4 is 78.4 Å². The molecule has 0 unspecified atom stereocenters. The van der Waals surface area contributed by atoms with Crippen molar-refractivity contribution in [3.8, 4) is 33.4 Å². The lowest BCUT2D eigenvalue weighted by Gasteiger charge is -2.07. The van der Waals surface area contributed by atoms with Gasteiger partial charge in [-0.25, -0.2) is 31.8 Å². The van der Waals surface area contributed by atoms with Gasteiger partial charge < -0.3 is 20.1 Å². The first-order chi connectivity index (χ1) is 40.1. The van der Waals surface area contributed by atoms with Crippen molar-refractivity contribution in [2.75, 3.05) is 12.4 Å². The molecule has 0 atom stereocenters. The van der Waals surface area contributed by atoms with Crippen LogP contribution in [0.4, 0.5) is 0 Å². The molecule has 21 heteroatoms. The van der Waals surface area contributed by atoms with Gasteiger partial charge in [0, 0.05) is 51.2 Å². The van der Waals surface area contributed by atoms with Crippen molar-refractivity contribution < 1.29 is 21.9 Å². The number of H-pyrrole nitrogens is 3. The number of nitrogens with zero attached hydrogens (tertiary/aromatic N) is 3. The van der Waals surface area contributed by atoms with Gasteiger partial charge in [-0.3, -0.25) is 14.4 Å². The Balaban J connectivity index is 0.000000151. The van der Waals surface area contributed by atoms with Gasteiger partial charge >= 0.3 is 0 Å². The van der Waals surface area contributed by atoms with E-state index in [2.05, 4.69) is 78.4 Å². The van der Waals surface area contributed by atoms with Gasteiger partial charge in [0.15, 0.2) is 25.3 Å². The van der Waals surface area contributed by atoms with Crippen molar-refractivity contribution in [3.63, 3.8) is 0 Å². The molecule has 3 aliphatic carbocycles. The molecule has 0 saturated carbocycles. The summed E-state index contributed by atoms with van der Waals surface area (Å²) < 4.78 is 47.1. The molecule has 0 saturated heterocycles. The first kappa shape index (κ1) is 62.1. The summed E-state index contributed by atoms with van der Waals surface area (Å²) in [5, 5.41) is 10.9. The number of aromatic amines is 3. The van der Waals surface area contributed by atoms with Crippen LogP contribution in [-0.4, -0.2) is 64.2 Å². The molecule has 14 nitrogen and oxygen atoms in total. The number of aryl methyl sites for hydroxylation is 3. The molecule has 9 aromatic rings. The second kappa shape index (κ2) is 28.6. The molecule has 3 aliphatic rings. The Labute approximate surface area is 512 Å². The molecule has 0 aliphatic heterocycles. The molecule has 0 fully saturated rings. The number of thioether (sulfide) groups is 3. The number of nitrogens with one attached hydrogen (secondary N) is 3. The summed E-state index contributed by atoms with van der Waals surface area (Å²) in [6, 6.07) is 48.3. The van der Waals surface area contributed by atoms with Crippen LogP contribution in [0.1, 0.15) is 76.1 Å². The molecule has 0 amide bonds. The van der Waals surface area contributed by atoms with Crippen LogP contribution < -0.4 is 16.7 Å². The Morgan fingerprint density at radius 1 is 0.429 bits per heavy atom. The zero-order chi connectivity index (χ0) is 57.9. The van der Waals surface area contributed by atoms with Crippen LogP contribution >= 0.6 is 59.5 Å². The number of aliphatic hydroxyl groups excluding tert-OH is 1. The van der Waals surface area contributed by atoms with Crippen LogP contribution in [0.15, 0.2) is 191 Å². The number of halogens is 1. The van der Waals surface area contributed by atoms with E-state index in [1.54, 1.807) is 48.2 Å². The van der Waals surface area contributed by atoms with Crippen molar-refractivity contribution in [2.24, 2.45) is 0 Å². The molecular weight excluding hydrogens is 1200 g/mol. The van der Waals surface area contributed by atoms with Gasteiger partial charge in [0.25, 0.3) is 25.7 Å². The van der Waals surface area contributed by atoms with Crippen LogP contribution in [-0.2, 0) is 74.7 Å². The quantitative estimate of drug-likeness (QED) is 0.0378. The first-order valence-corrected chi connectivity index (χ1v) is 34.1. The summed E-state index contributed by atoms with van der Waals surface area (Å²) in [6.45, 7) is -0.138. The first-order valence-electron chi connectivity index (χ1n) is 27.2. The smallest absolute Gasteiger partial charge is 0.261 e. The summed E-state index contributed by atoms with van der Waals surface area (Å²) >= 11 is 4.62. The molecule has 3 aromatic heterocycles. The van der Waals surface area contributed by atoms with Crippen LogP contribution in [0.5, 0.6) is 0 Å². The van der Waals surface area contributed by atoms with Crippen LogP contribution in [0, 0.1) is 0 Å². The third kappa shape index (κ3) is 16.1.